The summed E-state index contributed by atoms with van der Waals surface area (Å²) >= 11 is 12.3. The van der Waals surface area contributed by atoms with E-state index in [0.29, 0.717) is 27.5 Å². The number of benzene rings is 3. The number of nitrogens with zero attached hydrogens (tertiary/aromatic N) is 4. The molecule has 4 rings (SSSR count). The summed E-state index contributed by atoms with van der Waals surface area (Å²) in [5.74, 6) is 0.0142. The number of aromatic nitrogens is 2. The van der Waals surface area contributed by atoms with E-state index in [-0.39, 0.29) is 34.5 Å². The van der Waals surface area contributed by atoms with E-state index in [1.54, 1.807) is 55.7 Å². The Bertz CT molecular complexity index is 1380. The number of aliphatic imine (C=N–C) groups is 1. The lowest BCUT2D eigenvalue weighted by Gasteiger charge is -2.12. The van der Waals surface area contributed by atoms with E-state index < -0.39 is 5.82 Å². The van der Waals surface area contributed by atoms with Crippen molar-refractivity contribution in [2.24, 2.45) is 4.99 Å². The molecule has 33 heavy (non-hydrogen) atoms. The topological polar surface area (TPSA) is 84.3 Å². The predicted octanol–water partition coefficient (Wildman–Crippen LogP) is 6.49. The zero-order valence-electron chi connectivity index (χ0n) is 17.2. The molecule has 0 amide bonds. The largest absolute Gasteiger partial charge is 0.453 e. The van der Waals surface area contributed by atoms with Crippen molar-refractivity contribution in [1.82, 2.24) is 10.2 Å². The summed E-state index contributed by atoms with van der Waals surface area (Å²) in [6.45, 7) is 0. The molecule has 0 aliphatic carbocycles. The van der Waals surface area contributed by atoms with Gasteiger partial charge in [0.25, 0.3) is 0 Å². The maximum Gasteiger partial charge on any atom is 0.247 e. The lowest BCUT2D eigenvalue weighted by atomic mass is 10.1. The molecule has 0 aliphatic rings. The number of hydrogen-bond acceptors (Lipinski definition) is 6. The van der Waals surface area contributed by atoms with E-state index in [1.165, 1.54) is 12.1 Å². The zero-order chi connectivity index (χ0) is 23.4. The molecular formula is C24H15Cl2FN4O2. The number of nitriles is 1. The molecule has 0 fully saturated rings. The normalized spacial score (nSPS) is 11.0. The molecule has 0 N–H and O–H groups in total. The summed E-state index contributed by atoms with van der Waals surface area (Å²) in [5.41, 5.74) is 2.14. The van der Waals surface area contributed by atoms with Gasteiger partial charge in [-0.05, 0) is 54.1 Å². The lowest BCUT2D eigenvalue weighted by molar-refractivity contribution is 0.437. The number of hydrogen-bond donors (Lipinski definition) is 0. The maximum atomic E-state index is 15.3. The van der Waals surface area contributed by atoms with Crippen molar-refractivity contribution >= 4 is 29.4 Å². The summed E-state index contributed by atoms with van der Waals surface area (Å²) in [4.78, 5) is 3.95. The SMILES string of the molecule is CN=Cc1cc(Cl)cc(Oc2c(Cl)ccc(Cc3nnc(-c4ccc(C#N)cc4)o3)c2F)c1. The van der Waals surface area contributed by atoms with E-state index in [0.717, 1.165) is 0 Å². The zero-order valence-corrected chi connectivity index (χ0v) is 18.7. The predicted molar refractivity (Wildman–Crippen MR) is 124 cm³/mol. The first kappa shape index (κ1) is 22.5. The molecule has 1 aromatic heterocycles. The lowest BCUT2D eigenvalue weighted by Crippen LogP contribution is -1.98. The van der Waals surface area contributed by atoms with E-state index in [1.807, 2.05) is 6.07 Å². The van der Waals surface area contributed by atoms with Crippen LogP contribution in [-0.2, 0) is 6.42 Å². The van der Waals surface area contributed by atoms with Gasteiger partial charge < -0.3 is 9.15 Å². The highest BCUT2D eigenvalue weighted by atomic mass is 35.5. The van der Waals surface area contributed by atoms with Crippen molar-refractivity contribution in [1.29, 1.82) is 5.26 Å². The van der Waals surface area contributed by atoms with Crippen molar-refractivity contribution in [2.45, 2.75) is 6.42 Å². The summed E-state index contributed by atoms with van der Waals surface area (Å²) < 4.78 is 26.7. The Morgan fingerprint density at radius 1 is 1.12 bits per heavy atom. The van der Waals surface area contributed by atoms with Crippen LogP contribution in [0.5, 0.6) is 11.5 Å². The van der Waals surface area contributed by atoms with Gasteiger partial charge in [-0.1, -0.05) is 29.3 Å². The average molecular weight is 481 g/mol. The Hall–Kier alpha value is -3.73. The van der Waals surface area contributed by atoms with Gasteiger partial charge in [0.1, 0.15) is 5.75 Å². The molecular weight excluding hydrogens is 466 g/mol. The quantitative estimate of drug-likeness (QED) is 0.294. The summed E-state index contributed by atoms with van der Waals surface area (Å²) in [6, 6.07) is 16.7. The van der Waals surface area contributed by atoms with Crippen LogP contribution in [0.3, 0.4) is 0 Å². The fourth-order valence-corrected chi connectivity index (χ4v) is 3.50. The van der Waals surface area contributed by atoms with Gasteiger partial charge in [-0.3, -0.25) is 4.99 Å². The highest BCUT2D eigenvalue weighted by Gasteiger charge is 2.18. The third-order valence-corrected chi connectivity index (χ3v) is 5.11. The summed E-state index contributed by atoms with van der Waals surface area (Å²) in [5, 5.41) is 17.4. The van der Waals surface area contributed by atoms with Crippen LogP contribution in [0.25, 0.3) is 11.5 Å². The van der Waals surface area contributed by atoms with Crippen LogP contribution in [0.2, 0.25) is 10.0 Å². The molecule has 0 atom stereocenters. The molecule has 9 heteroatoms. The van der Waals surface area contributed by atoms with Crippen molar-refractivity contribution < 1.29 is 13.5 Å². The van der Waals surface area contributed by atoms with E-state index in [4.69, 9.17) is 37.6 Å². The molecule has 0 aliphatic heterocycles. The number of rotatable bonds is 6. The van der Waals surface area contributed by atoms with Gasteiger partial charge in [-0.25, -0.2) is 4.39 Å². The van der Waals surface area contributed by atoms with Crippen molar-refractivity contribution in [3.05, 3.63) is 93.0 Å². The first-order valence-corrected chi connectivity index (χ1v) is 10.4. The minimum Gasteiger partial charge on any atom is -0.453 e. The third kappa shape index (κ3) is 5.20. The molecule has 3 aromatic carbocycles. The fraction of sp³-hybridized carbons (Fsp3) is 0.0833. The molecule has 0 spiro atoms. The van der Waals surface area contributed by atoms with Crippen LogP contribution in [0.15, 0.2) is 64.0 Å². The Morgan fingerprint density at radius 3 is 2.64 bits per heavy atom. The second-order valence-corrected chi connectivity index (χ2v) is 7.77. The third-order valence-electron chi connectivity index (χ3n) is 4.59. The van der Waals surface area contributed by atoms with Gasteiger partial charge >= 0.3 is 0 Å². The van der Waals surface area contributed by atoms with Gasteiger partial charge in [0.2, 0.25) is 11.8 Å². The summed E-state index contributed by atoms with van der Waals surface area (Å²) in [6.07, 6.45) is 1.64. The second-order valence-electron chi connectivity index (χ2n) is 6.93. The molecule has 0 unspecified atom stereocenters. The Balaban J connectivity index is 1.59. The standard InChI is InChI=1S/C24H15Cl2FN4O2/c1-29-13-15-8-18(25)11-19(9-15)32-23-20(26)7-6-17(22(23)27)10-21-30-31-24(33-21)16-4-2-14(12-28)3-5-16/h2-9,11,13H,10H2,1H3. The van der Waals surface area contributed by atoms with Crippen molar-refractivity contribution in [3.8, 4) is 29.0 Å². The Kier molecular flexibility index (Phi) is 6.68. The highest BCUT2D eigenvalue weighted by molar-refractivity contribution is 6.32. The number of halogens is 3. The van der Waals surface area contributed by atoms with Crippen LogP contribution >= 0.6 is 23.2 Å². The monoisotopic (exact) mass is 480 g/mol. The van der Waals surface area contributed by atoms with Gasteiger partial charge in [0.05, 0.1) is 23.1 Å². The smallest absolute Gasteiger partial charge is 0.247 e. The summed E-state index contributed by atoms with van der Waals surface area (Å²) in [7, 11) is 1.63. The fourth-order valence-electron chi connectivity index (χ4n) is 3.08. The maximum absolute atomic E-state index is 15.3. The molecule has 1 heterocycles. The van der Waals surface area contributed by atoms with Gasteiger partial charge in [-0.15, -0.1) is 10.2 Å². The minimum absolute atomic E-state index is 0.0337. The first-order chi connectivity index (χ1) is 16.0. The van der Waals surface area contributed by atoms with E-state index >= 15 is 4.39 Å². The molecule has 0 saturated carbocycles. The molecule has 0 saturated heterocycles. The Labute approximate surface area is 198 Å². The van der Waals surface area contributed by atoms with Crippen LogP contribution < -0.4 is 4.74 Å². The minimum atomic E-state index is -0.647. The van der Waals surface area contributed by atoms with Crippen LogP contribution in [0.1, 0.15) is 22.6 Å². The average Bonchev–Trinajstić information content (AvgIpc) is 3.27. The van der Waals surface area contributed by atoms with E-state index in [2.05, 4.69) is 15.2 Å². The van der Waals surface area contributed by atoms with Crippen molar-refractivity contribution in [2.75, 3.05) is 7.05 Å². The Morgan fingerprint density at radius 2 is 1.91 bits per heavy atom. The number of ether oxygens (including phenoxy) is 1. The van der Waals surface area contributed by atoms with Crippen LogP contribution in [0, 0.1) is 17.1 Å². The van der Waals surface area contributed by atoms with Crippen LogP contribution in [-0.4, -0.2) is 23.5 Å². The van der Waals surface area contributed by atoms with Crippen LogP contribution in [0.4, 0.5) is 4.39 Å². The van der Waals surface area contributed by atoms with Gasteiger partial charge in [-0.2, -0.15) is 5.26 Å². The first-order valence-electron chi connectivity index (χ1n) is 9.67. The second kappa shape index (κ2) is 9.82. The van der Waals surface area contributed by atoms with Gasteiger partial charge in [0.15, 0.2) is 11.6 Å². The molecule has 4 aromatic rings. The highest BCUT2D eigenvalue weighted by Crippen LogP contribution is 2.36. The van der Waals surface area contributed by atoms with Gasteiger partial charge in [0, 0.05) is 29.4 Å². The van der Waals surface area contributed by atoms with Crippen molar-refractivity contribution in [3.63, 3.8) is 0 Å². The van der Waals surface area contributed by atoms with E-state index in [9.17, 15) is 0 Å². The molecule has 164 valence electrons. The molecule has 0 radical (unpaired) electrons. The molecule has 6 nitrogen and oxygen atoms in total. The molecule has 0 bridgehead atoms.